The summed E-state index contributed by atoms with van der Waals surface area (Å²) in [6, 6.07) is 13.2. The first-order chi connectivity index (χ1) is 14.7. The highest BCUT2D eigenvalue weighted by atomic mass is 32.2. The molecule has 158 valence electrons. The van der Waals surface area contributed by atoms with E-state index in [1.54, 1.807) is 43.6 Å². The number of anilines is 2. The molecular formula is C22H16F3N3O2S. The number of halogens is 3. The summed E-state index contributed by atoms with van der Waals surface area (Å²) in [5.41, 5.74) is 1.10. The lowest BCUT2D eigenvalue weighted by Gasteiger charge is -2.18. The molecule has 2 aromatic carbocycles. The summed E-state index contributed by atoms with van der Waals surface area (Å²) in [6.45, 7) is 0. The first-order valence-electron chi connectivity index (χ1n) is 9.23. The third kappa shape index (κ3) is 4.41. The number of fused-ring (bicyclic) bond motifs is 2. The lowest BCUT2D eigenvalue weighted by Crippen LogP contribution is -2.26. The van der Waals surface area contributed by atoms with Gasteiger partial charge in [-0.05, 0) is 42.0 Å². The van der Waals surface area contributed by atoms with Crippen molar-refractivity contribution in [3.05, 3.63) is 77.5 Å². The lowest BCUT2D eigenvalue weighted by atomic mass is 10.1. The average Bonchev–Trinajstić information content (AvgIpc) is 2.82. The number of carbonyl (C=O) groups excluding carboxylic acids is 2. The predicted octanol–water partition coefficient (Wildman–Crippen LogP) is 5.02. The van der Waals surface area contributed by atoms with Crippen LogP contribution < -0.4 is 10.2 Å². The van der Waals surface area contributed by atoms with Crippen molar-refractivity contribution in [1.82, 2.24) is 4.98 Å². The van der Waals surface area contributed by atoms with Crippen molar-refractivity contribution in [2.24, 2.45) is 0 Å². The maximum absolute atomic E-state index is 12.9. The molecule has 2 heterocycles. The molecule has 0 fully saturated rings. The van der Waals surface area contributed by atoms with Crippen molar-refractivity contribution in [3.63, 3.8) is 0 Å². The van der Waals surface area contributed by atoms with Gasteiger partial charge in [-0.25, -0.2) is 4.98 Å². The second kappa shape index (κ2) is 8.07. The van der Waals surface area contributed by atoms with E-state index in [1.807, 2.05) is 0 Å². The summed E-state index contributed by atoms with van der Waals surface area (Å²) in [6.07, 6.45) is -3.06. The van der Waals surface area contributed by atoms with Crippen molar-refractivity contribution in [3.8, 4) is 0 Å². The van der Waals surface area contributed by atoms with Gasteiger partial charge < -0.3 is 10.2 Å². The Morgan fingerprint density at radius 3 is 2.71 bits per heavy atom. The Balaban J connectivity index is 1.55. The highest BCUT2D eigenvalue weighted by Gasteiger charge is 2.30. The van der Waals surface area contributed by atoms with Crippen LogP contribution in [0.15, 0.2) is 70.7 Å². The maximum Gasteiger partial charge on any atom is 0.416 e. The van der Waals surface area contributed by atoms with Crippen molar-refractivity contribution < 1.29 is 22.8 Å². The third-order valence-electron chi connectivity index (χ3n) is 4.74. The average molecular weight is 443 g/mol. The van der Waals surface area contributed by atoms with Crippen LogP contribution in [0.3, 0.4) is 0 Å². The lowest BCUT2D eigenvalue weighted by molar-refractivity contribution is -0.137. The zero-order valence-electron chi connectivity index (χ0n) is 16.2. The SMILES string of the molecule is CN1C(=O)c2cccnc2Sc2cc(NC(=O)Cc3cccc(C(F)(F)F)c3)ccc21. The van der Waals surface area contributed by atoms with E-state index < -0.39 is 17.6 Å². The minimum Gasteiger partial charge on any atom is -0.326 e. The highest BCUT2D eigenvalue weighted by molar-refractivity contribution is 7.99. The van der Waals surface area contributed by atoms with Gasteiger partial charge in [-0.1, -0.05) is 30.0 Å². The third-order valence-corrected chi connectivity index (χ3v) is 5.80. The maximum atomic E-state index is 12.9. The van der Waals surface area contributed by atoms with Crippen LogP contribution >= 0.6 is 11.8 Å². The molecule has 3 aromatic rings. The van der Waals surface area contributed by atoms with Crippen LogP contribution in [-0.2, 0) is 17.4 Å². The van der Waals surface area contributed by atoms with Crippen molar-refractivity contribution in [1.29, 1.82) is 0 Å². The Bertz CT molecular complexity index is 1180. The van der Waals surface area contributed by atoms with Gasteiger partial charge in [0.25, 0.3) is 5.91 Å². The summed E-state index contributed by atoms with van der Waals surface area (Å²) in [5, 5.41) is 3.27. The van der Waals surface area contributed by atoms with Gasteiger partial charge in [-0.3, -0.25) is 9.59 Å². The zero-order chi connectivity index (χ0) is 22.2. The Kier molecular flexibility index (Phi) is 5.45. The molecule has 0 bridgehead atoms. The van der Waals surface area contributed by atoms with Gasteiger partial charge >= 0.3 is 6.18 Å². The minimum absolute atomic E-state index is 0.185. The number of hydrogen-bond acceptors (Lipinski definition) is 4. The van der Waals surface area contributed by atoms with Crippen LogP contribution in [0.2, 0.25) is 0 Å². The van der Waals surface area contributed by atoms with Crippen LogP contribution in [0.4, 0.5) is 24.5 Å². The summed E-state index contributed by atoms with van der Waals surface area (Å²) >= 11 is 1.31. The topological polar surface area (TPSA) is 62.3 Å². The molecule has 0 aliphatic carbocycles. The van der Waals surface area contributed by atoms with Crippen molar-refractivity contribution in [2.75, 3.05) is 17.3 Å². The van der Waals surface area contributed by atoms with E-state index in [0.717, 1.165) is 17.0 Å². The van der Waals surface area contributed by atoms with Crippen LogP contribution in [0.5, 0.6) is 0 Å². The number of hydrogen-bond donors (Lipinski definition) is 1. The molecule has 1 aliphatic heterocycles. The standard InChI is InChI=1S/C22H16F3N3O2S/c1-28-17-8-7-15(12-18(17)31-20-16(21(28)30)6-3-9-26-20)27-19(29)11-13-4-2-5-14(10-13)22(23,24)25/h2-10,12H,11H2,1H3,(H,27,29). The van der Waals surface area contributed by atoms with E-state index in [4.69, 9.17) is 0 Å². The van der Waals surface area contributed by atoms with Gasteiger partial charge in [0.1, 0.15) is 5.03 Å². The number of carbonyl (C=O) groups is 2. The van der Waals surface area contributed by atoms with Gasteiger partial charge in [0.2, 0.25) is 5.91 Å². The molecule has 1 N–H and O–H groups in total. The minimum atomic E-state index is -4.46. The molecule has 2 amide bonds. The molecule has 1 aliphatic rings. The van der Waals surface area contributed by atoms with E-state index in [9.17, 15) is 22.8 Å². The molecule has 0 radical (unpaired) electrons. The van der Waals surface area contributed by atoms with Crippen LogP contribution in [-0.4, -0.2) is 23.8 Å². The molecule has 9 heteroatoms. The Morgan fingerprint density at radius 2 is 1.94 bits per heavy atom. The molecule has 5 nitrogen and oxygen atoms in total. The van der Waals surface area contributed by atoms with Gasteiger partial charge in [-0.15, -0.1) is 0 Å². The molecule has 1 aromatic heterocycles. The first kappa shape index (κ1) is 20.9. The molecule has 0 unspecified atom stereocenters. The number of aromatic nitrogens is 1. The highest BCUT2D eigenvalue weighted by Crippen LogP contribution is 2.41. The largest absolute Gasteiger partial charge is 0.416 e. The molecular weight excluding hydrogens is 427 g/mol. The number of amides is 2. The number of rotatable bonds is 3. The molecule has 0 atom stereocenters. The first-order valence-corrected chi connectivity index (χ1v) is 10.0. The fraction of sp³-hybridized carbons (Fsp3) is 0.136. The number of nitrogens with one attached hydrogen (secondary N) is 1. The second-order valence-corrected chi connectivity index (χ2v) is 7.96. The van der Waals surface area contributed by atoms with Crippen LogP contribution in [0.25, 0.3) is 0 Å². The van der Waals surface area contributed by atoms with Crippen LogP contribution in [0.1, 0.15) is 21.5 Å². The van der Waals surface area contributed by atoms with Gasteiger partial charge in [0.05, 0.1) is 23.2 Å². The van der Waals surface area contributed by atoms with Gasteiger partial charge in [0, 0.05) is 23.8 Å². The molecule has 0 saturated heterocycles. The molecule has 0 saturated carbocycles. The van der Waals surface area contributed by atoms with Crippen molar-refractivity contribution in [2.45, 2.75) is 22.5 Å². The van der Waals surface area contributed by atoms with E-state index in [-0.39, 0.29) is 17.9 Å². The molecule has 4 rings (SSSR count). The quantitative estimate of drug-likeness (QED) is 0.617. The van der Waals surface area contributed by atoms with E-state index in [2.05, 4.69) is 10.3 Å². The summed E-state index contributed by atoms with van der Waals surface area (Å²) in [4.78, 5) is 31.6. The number of benzene rings is 2. The smallest absolute Gasteiger partial charge is 0.326 e. The van der Waals surface area contributed by atoms with E-state index in [1.165, 1.54) is 28.8 Å². The zero-order valence-corrected chi connectivity index (χ0v) is 17.1. The van der Waals surface area contributed by atoms with Gasteiger partial charge in [-0.2, -0.15) is 13.2 Å². The molecule has 0 spiro atoms. The Morgan fingerprint density at radius 1 is 1.13 bits per heavy atom. The van der Waals surface area contributed by atoms with E-state index >= 15 is 0 Å². The van der Waals surface area contributed by atoms with Gasteiger partial charge in [0.15, 0.2) is 0 Å². The summed E-state index contributed by atoms with van der Waals surface area (Å²) < 4.78 is 38.6. The second-order valence-electron chi connectivity index (χ2n) is 6.93. The van der Waals surface area contributed by atoms with E-state index in [0.29, 0.717) is 22.0 Å². The van der Waals surface area contributed by atoms with Crippen LogP contribution in [0, 0.1) is 0 Å². The fourth-order valence-corrected chi connectivity index (χ4v) is 4.31. The fourth-order valence-electron chi connectivity index (χ4n) is 3.23. The number of alkyl halides is 3. The predicted molar refractivity (Wildman–Crippen MR) is 111 cm³/mol. The van der Waals surface area contributed by atoms with Crippen molar-refractivity contribution >= 4 is 35.0 Å². The summed E-state index contributed by atoms with van der Waals surface area (Å²) in [5.74, 6) is -0.628. The number of pyridine rings is 1. The Hall–Kier alpha value is -3.33. The number of nitrogens with zero attached hydrogens (tertiary/aromatic N) is 2. The summed E-state index contributed by atoms with van der Waals surface area (Å²) in [7, 11) is 1.66. The monoisotopic (exact) mass is 443 g/mol. The normalized spacial score (nSPS) is 13.3. The molecule has 31 heavy (non-hydrogen) atoms. The Labute approximate surface area is 180 Å².